The number of aliphatic imine (C=N–C) groups is 1. The van der Waals surface area contributed by atoms with Crippen LogP contribution in [0.25, 0.3) is 0 Å². The molecular weight excluding hydrogens is 343 g/mol. The van der Waals surface area contributed by atoms with Crippen LogP contribution >= 0.6 is 24.0 Å². The maximum absolute atomic E-state index is 5.71. The van der Waals surface area contributed by atoms with Gasteiger partial charge in [0.1, 0.15) is 0 Å². The summed E-state index contributed by atoms with van der Waals surface area (Å²) in [5.74, 6) is 0.561. The number of nitrogens with one attached hydrogen (secondary N) is 1. The fourth-order valence-corrected chi connectivity index (χ4v) is 1.81. The number of hydrogen-bond donors (Lipinski definition) is 2. The standard InChI is InChI=1S/C12H26N4O.HI/c1-11(2)15-12(13)14-5-3-4-6-16-7-9-17-10-8-16;/h11H,3-10H2,1-2H3,(H3,13,14,15);1H. The minimum absolute atomic E-state index is 0. The van der Waals surface area contributed by atoms with Crippen molar-refractivity contribution in [2.45, 2.75) is 32.7 Å². The molecule has 3 N–H and O–H groups in total. The molecule has 0 radical (unpaired) electrons. The van der Waals surface area contributed by atoms with Gasteiger partial charge >= 0.3 is 0 Å². The molecular formula is C12H27IN4O. The molecule has 1 heterocycles. The van der Waals surface area contributed by atoms with E-state index in [-0.39, 0.29) is 24.0 Å². The Bertz CT molecular complexity index is 230. The molecule has 1 fully saturated rings. The van der Waals surface area contributed by atoms with Gasteiger partial charge in [-0.15, -0.1) is 24.0 Å². The van der Waals surface area contributed by atoms with Gasteiger partial charge in [-0.25, -0.2) is 0 Å². The first-order valence-electron chi connectivity index (χ1n) is 6.55. The molecule has 0 bridgehead atoms. The fraction of sp³-hybridized carbons (Fsp3) is 0.917. The van der Waals surface area contributed by atoms with Crippen molar-refractivity contribution < 1.29 is 4.74 Å². The van der Waals surface area contributed by atoms with E-state index in [0.29, 0.717) is 12.0 Å². The van der Waals surface area contributed by atoms with Crippen LogP contribution in [0.15, 0.2) is 4.99 Å². The molecule has 108 valence electrons. The van der Waals surface area contributed by atoms with Gasteiger partial charge in [0.2, 0.25) is 0 Å². The number of ether oxygens (including phenoxy) is 1. The molecule has 5 nitrogen and oxygen atoms in total. The molecule has 0 unspecified atom stereocenters. The van der Waals surface area contributed by atoms with E-state index in [9.17, 15) is 0 Å². The number of morpholine rings is 1. The number of guanidine groups is 1. The predicted molar refractivity (Wildman–Crippen MR) is 86.7 cm³/mol. The molecule has 0 saturated carbocycles. The smallest absolute Gasteiger partial charge is 0.188 e. The van der Waals surface area contributed by atoms with Crippen LogP contribution in [0.4, 0.5) is 0 Å². The Balaban J connectivity index is 0.00000289. The summed E-state index contributed by atoms with van der Waals surface area (Å²) >= 11 is 0. The average Bonchev–Trinajstić information content (AvgIpc) is 2.29. The number of nitrogens with two attached hydrogens (primary N) is 1. The Labute approximate surface area is 128 Å². The number of unbranched alkanes of at least 4 members (excludes halogenated alkanes) is 1. The predicted octanol–water partition coefficient (Wildman–Crippen LogP) is 1.03. The van der Waals surface area contributed by atoms with Crippen molar-refractivity contribution in [3.05, 3.63) is 0 Å². The Morgan fingerprint density at radius 1 is 1.33 bits per heavy atom. The zero-order chi connectivity index (χ0) is 12.5. The summed E-state index contributed by atoms with van der Waals surface area (Å²) in [6, 6.07) is 0.354. The van der Waals surface area contributed by atoms with Gasteiger partial charge in [-0.3, -0.25) is 9.89 Å². The minimum atomic E-state index is 0. The Morgan fingerprint density at radius 3 is 2.61 bits per heavy atom. The van der Waals surface area contributed by atoms with E-state index in [2.05, 4.69) is 29.1 Å². The van der Waals surface area contributed by atoms with Crippen molar-refractivity contribution in [2.75, 3.05) is 39.4 Å². The quantitative estimate of drug-likeness (QED) is 0.317. The van der Waals surface area contributed by atoms with Crippen LogP contribution in [0.1, 0.15) is 26.7 Å². The summed E-state index contributed by atoms with van der Waals surface area (Å²) in [6.45, 7) is 9.97. The lowest BCUT2D eigenvalue weighted by Gasteiger charge is -2.26. The topological polar surface area (TPSA) is 62.9 Å². The van der Waals surface area contributed by atoms with E-state index >= 15 is 0 Å². The van der Waals surface area contributed by atoms with Crippen LogP contribution in [0, 0.1) is 0 Å². The van der Waals surface area contributed by atoms with Gasteiger partial charge < -0.3 is 15.8 Å². The van der Waals surface area contributed by atoms with Crippen LogP contribution in [-0.4, -0.2) is 56.3 Å². The molecule has 1 saturated heterocycles. The van der Waals surface area contributed by atoms with Crippen molar-refractivity contribution in [2.24, 2.45) is 10.7 Å². The molecule has 0 aromatic heterocycles. The molecule has 1 rings (SSSR count). The van der Waals surface area contributed by atoms with Crippen LogP contribution < -0.4 is 11.1 Å². The average molecular weight is 370 g/mol. The molecule has 0 spiro atoms. The van der Waals surface area contributed by atoms with Crippen LogP contribution in [0.2, 0.25) is 0 Å². The summed E-state index contributed by atoms with van der Waals surface area (Å²) < 4.78 is 5.31. The van der Waals surface area contributed by atoms with Gasteiger partial charge in [0.15, 0.2) is 5.96 Å². The first-order chi connectivity index (χ1) is 8.18. The highest BCUT2D eigenvalue weighted by molar-refractivity contribution is 14.0. The minimum Gasteiger partial charge on any atom is -0.379 e. The van der Waals surface area contributed by atoms with Crippen LogP contribution in [0.5, 0.6) is 0 Å². The largest absolute Gasteiger partial charge is 0.379 e. The first kappa shape index (κ1) is 17.9. The van der Waals surface area contributed by atoms with Crippen molar-refractivity contribution >= 4 is 29.9 Å². The van der Waals surface area contributed by atoms with Crippen molar-refractivity contribution in [1.29, 1.82) is 0 Å². The summed E-state index contributed by atoms with van der Waals surface area (Å²) in [5, 5.41) is 3.08. The highest BCUT2D eigenvalue weighted by Gasteiger charge is 2.08. The maximum Gasteiger partial charge on any atom is 0.188 e. The normalized spacial score (nSPS) is 17.6. The lowest BCUT2D eigenvalue weighted by Crippen LogP contribution is -2.37. The monoisotopic (exact) mass is 370 g/mol. The molecule has 0 aromatic rings. The molecule has 1 aliphatic rings. The molecule has 1 aliphatic heterocycles. The number of halogens is 1. The SMILES string of the molecule is CC(C)NC(N)=NCCCCN1CCOCC1.I. The van der Waals surface area contributed by atoms with E-state index in [0.717, 1.165) is 45.8 Å². The zero-order valence-corrected chi connectivity index (χ0v) is 13.9. The van der Waals surface area contributed by atoms with Gasteiger partial charge in [0, 0.05) is 25.7 Å². The first-order valence-corrected chi connectivity index (χ1v) is 6.55. The van der Waals surface area contributed by atoms with Crippen molar-refractivity contribution in [1.82, 2.24) is 10.2 Å². The summed E-state index contributed by atoms with van der Waals surface area (Å²) in [4.78, 5) is 6.73. The molecule has 0 aromatic carbocycles. The van der Waals surface area contributed by atoms with Gasteiger partial charge in [0.25, 0.3) is 0 Å². The summed E-state index contributed by atoms with van der Waals surface area (Å²) in [5.41, 5.74) is 5.71. The highest BCUT2D eigenvalue weighted by atomic mass is 127. The lowest BCUT2D eigenvalue weighted by atomic mass is 10.3. The van der Waals surface area contributed by atoms with Gasteiger partial charge in [-0.05, 0) is 33.2 Å². The number of hydrogen-bond acceptors (Lipinski definition) is 3. The lowest BCUT2D eigenvalue weighted by molar-refractivity contribution is 0.0373. The second-order valence-electron chi connectivity index (χ2n) is 4.73. The summed E-state index contributed by atoms with van der Waals surface area (Å²) in [6.07, 6.45) is 2.27. The van der Waals surface area contributed by atoms with E-state index in [1.807, 2.05) is 0 Å². The highest BCUT2D eigenvalue weighted by Crippen LogP contribution is 2.00. The maximum atomic E-state index is 5.71. The molecule has 0 atom stereocenters. The van der Waals surface area contributed by atoms with Crippen LogP contribution in [0.3, 0.4) is 0 Å². The second-order valence-corrected chi connectivity index (χ2v) is 4.73. The van der Waals surface area contributed by atoms with E-state index in [1.165, 1.54) is 6.42 Å². The zero-order valence-electron chi connectivity index (χ0n) is 11.5. The molecule has 0 amide bonds. The Hall–Kier alpha value is -0.0800. The van der Waals surface area contributed by atoms with E-state index < -0.39 is 0 Å². The third-order valence-electron chi connectivity index (χ3n) is 2.70. The van der Waals surface area contributed by atoms with Crippen molar-refractivity contribution in [3.63, 3.8) is 0 Å². The second kappa shape index (κ2) is 10.8. The third-order valence-corrected chi connectivity index (χ3v) is 2.70. The van der Waals surface area contributed by atoms with E-state index in [1.54, 1.807) is 0 Å². The fourth-order valence-electron chi connectivity index (χ4n) is 1.81. The number of nitrogens with zero attached hydrogens (tertiary/aromatic N) is 2. The molecule has 18 heavy (non-hydrogen) atoms. The third kappa shape index (κ3) is 8.93. The Kier molecular flexibility index (Phi) is 10.8. The van der Waals surface area contributed by atoms with Crippen LogP contribution in [-0.2, 0) is 4.74 Å². The van der Waals surface area contributed by atoms with Gasteiger partial charge in [-0.1, -0.05) is 0 Å². The van der Waals surface area contributed by atoms with Crippen molar-refractivity contribution in [3.8, 4) is 0 Å². The molecule has 0 aliphatic carbocycles. The summed E-state index contributed by atoms with van der Waals surface area (Å²) in [7, 11) is 0. The van der Waals surface area contributed by atoms with E-state index in [4.69, 9.17) is 10.5 Å². The number of rotatable bonds is 6. The van der Waals surface area contributed by atoms with Gasteiger partial charge in [0.05, 0.1) is 13.2 Å². The Morgan fingerprint density at radius 2 is 2.00 bits per heavy atom. The van der Waals surface area contributed by atoms with Gasteiger partial charge in [-0.2, -0.15) is 0 Å². The molecule has 6 heteroatoms.